The smallest absolute Gasteiger partial charge is 0.234 e. The summed E-state index contributed by atoms with van der Waals surface area (Å²) in [5.41, 5.74) is 5.22. The standard InChI is InChI=1S/C14H22N2O3/c1-3-9-18-11-4-6-12(7-5-11)19-10-8-13(16-2)14(15)17/h4-7,13,16H,3,8-10H2,1-2H3,(H2,15,17). The molecule has 0 aromatic heterocycles. The van der Waals surface area contributed by atoms with E-state index in [1.165, 1.54) is 0 Å². The number of carbonyl (C=O) groups is 1. The SMILES string of the molecule is CCCOc1ccc(OCCC(NC)C(N)=O)cc1. The van der Waals surface area contributed by atoms with Crippen molar-refractivity contribution in [2.24, 2.45) is 5.73 Å². The van der Waals surface area contributed by atoms with Crippen LogP contribution in [0.4, 0.5) is 0 Å². The minimum Gasteiger partial charge on any atom is -0.494 e. The molecule has 3 N–H and O–H groups in total. The van der Waals surface area contributed by atoms with E-state index in [1.807, 2.05) is 24.3 Å². The van der Waals surface area contributed by atoms with E-state index >= 15 is 0 Å². The molecule has 5 nitrogen and oxygen atoms in total. The van der Waals surface area contributed by atoms with E-state index in [0.29, 0.717) is 19.6 Å². The Hall–Kier alpha value is -1.75. The highest BCUT2D eigenvalue weighted by Gasteiger charge is 2.11. The molecule has 0 saturated carbocycles. The molecule has 1 atom stereocenters. The van der Waals surface area contributed by atoms with Gasteiger partial charge in [-0.1, -0.05) is 6.92 Å². The molecule has 0 fully saturated rings. The molecule has 0 aliphatic rings. The first kappa shape index (κ1) is 15.3. The quantitative estimate of drug-likeness (QED) is 0.707. The summed E-state index contributed by atoms with van der Waals surface area (Å²) in [5.74, 6) is 1.22. The largest absolute Gasteiger partial charge is 0.494 e. The molecule has 106 valence electrons. The van der Waals surface area contributed by atoms with Crippen molar-refractivity contribution in [1.82, 2.24) is 5.32 Å². The van der Waals surface area contributed by atoms with Crippen molar-refractivity contribution in [1.29, 1.82) is 0 Å². The van der Waals surface area contributed by atoms with Gasteiger partial charge in [0.1, 0.15) is 11.5 Å². The van der Waals surface area contributed by atoms with Crippen molar-refractivity contribution in [3.05, 3.63) is 24.3 Å². The first-order chi connectivity index (χ1) is 9.17. The second kappa shape index (κ2) is 8.37. The van der Waals surface area contributed by atoms with Crippen LogP contribution in [0.15, 0.2) is 24.3 Å². The second-order valence-electron chi connectivity index (χ2n) is 4.20. The Labute approximate surface area is 114 Å². The summed E-state index contributed by atoms with van der Waals surface area (Å²) in [5, 5.41) is 2.85. The van der Waals surface area contributed by atoms with Crippen LogP contribution in [0, 0.1) is 0 Å². The maximum absolute atomic E-state index is 11.0. The Balaban J connectivity index is 2.35. The second-order valence-corrected chi connectivity index (χ2v) is 4.20. The van der Waals surface area contributed by atoms with Gasteiger partial charge in [0.15, 0.2) is 0 Å². The zero-order chi connectivity index (χ0) is 14.1. The predicted octanol–water partition coefficient (Wildman–Crippen LogP) is 1.32. The minimum absolute atomic E-state index is 0.354. The molecule has 0 radical (unpaired) electrons. The molecule has 0 aliphatic carbocycles. The first-order valence-corrected chi connectivity index (χ1v) is 6.49. The fourth-order valence-corrected chi connectivity index (χ4v) is 1.58. The number of rotatable bonds is 9. The van der Waals surface area contributed by atoms with Crippen molar-refractivity contribution in [3.8, 4) is 11.5 Å². The number of primary amides is 1. The van der Waals surface area contributed by atoms with Gasteiger partial charge in [-0.25, -0.2) is 0 Å². The lowest BCUT2D eigenvalue weighted by Crippen LogP contribution is -2.40. The van der Waals surface area contributed by atoms with Gasteiger partial charge in [0.25, 0.3) is 0 Å². The molecule has 0 spiro atoms. The zero-order valence-corrected chi connectivity index (χ0v) is 11.5. The van der Waals surface area contributed by atoms with Gasteiger partial charge in [-0.05, 0) is 37.7 Å². The van der Waals surface area contributed by atoms with Crippen molar-refractivity contribution in [2.45, 2.75) is 25.8 Å². The number of hydrogen-bond acceptors (Lipinski definition) is 4. The summed E-state index contributed by atoms with van der Waals surface area (Å²) in [7, 11) is 1.70. The number of hydrogen-bond donors (Lipinski definition) is 2. The van der Waals surface area contributed by atoms with E-state index in [0.717, 1.165) is 17.9 Å². The monoisotopic (exact) mass is 266 g/mol. The van der Waals surface area contributed by atoms with Crippen LogP contribution in [-0.2, 0) is 4.79 Å². The Kier molecular flexibility index (Phi) is 6.74. The van der Waals surface area contributed by atoms with Crippen molar-refractivity contribution < 1.29 is 14.3 Å². The molecule has 1 aromatic carbocycles. The van der Waals surface area contributed by atoms with Gasteiger partial charge in [-0.3, -0.25) is 4.79 Å². The normalized spacial score (nSPS) is 11.9. The summed E-state index contributed by atoms with van der Waals surface area (Å²) in [6.45, 7) is 3.21. The number of ether oxygens (including phenoxy) is 2. The third-order valence-corrected chi connectivity index (χ3v) is 2.66. The minimum atomic E-state index is -0.366. The Morgan fingerprint density at radius 1 is 1.21 bits per heavy atom. The number of carbonyl (C=O) groups excluding carboxylic acids is 1. The summed E-state index contributed by atoms with van der Waals surface area (Å²) in [6.07, 6.45) is 1.52. The van der Waals surface area contributed by atoms with Gasteiger partial charge in [0.05, 0.1) is 19.3 Å². The molecule has 1 rings (SSSR count). The average Bonchev–Trinajstić information content (AvgIpc) is 2.42. The Morgan fingerprint density at radius 3 is 2.16 bits per heavy atom. The topological polar surface area (TPSA) is 73.6 Å². The summed E-state index contributed by atoms with van der Waals surface area (Å²) < 4.78 is 11.0. The van der Waals surface area contributed by atoms with Crippen LogP contribution in [0.2, 0.25) is 0 Å². The van der Waals surface area contributed by atoms with Gasteiger partial charge >= 0.3 is 0 Å². The highest BCUT2D eigenvalue weighted by Crippen LogP contribution is 2.17. The van der Waals surface area contributed by atoms with Crippen LogP contribution in [0.3, 0.4) is 0 Å². The summed E-state index contributed by atoms with van der Waals surface area (Å²) in [4.78, 5) is 11.0. The maximum atomic E-state index is 11.0. The van der Waals surface area contributed by atoms with Gasteiger partial charge in [0, 0.05) is 6.42 Å². The number of amides is 1. The molecule has 0 heterocycles. The van der Waals surface area contributed by atoms with E-state index in [-0.39, 0.29) is 11.9 Å². The highest BCUT2D eigenvalue weighted by atomic mass is 16.5. The van der Waals surface area contributed by atoms with Crippen LogP contribution >= 0.6 is 0 Å². The van der Waals surface area contributed by atoms with Gasteiger partial charge in [-0.2, -0.15) is 0 Å². The molecule has 1 amide bonds. The van der Waals surface area contributed by atoms with Gasteiger partial charge in [0.2, 0.25) is 5.91 Å². The average molecular weight is 266 g/mol. The molecular weight excluding hydrogens is 244 g/mol. The Bertz CT molecular complexity index is 379. The van der Waals surface area contributed by atoms with Crippen LogP contribution in [0.1, 0.15) is 19.8 Å². The molecule has 0 bridgehead atoms. The first-order valence-electron chi connectivity index (χ1n) is 6.49. The number of benzene rings is 1. The highest BCUT2D eigenvalue weighted by molar-refractivity contribution is 5.79. The van der Waals surface area contributed by atoms with E-state index in [1.54, 1.807) is 7.05 Å². The van der Waals surface area contributed by atoms with E-state index in [2.05, 4.69) is 12.2 Å². The molecule has 0 aliphatic heterocycles. The van der Waals surface area contributed by atoms with E-state index < -0.39 is 0 Å². The fourth-order valence-electron chi connectivity index (χ4n) is 1.58. The number of nitrogens with one attached hydrogen (secondary N) is 1. The third-order valence-electron chi connectivity index (χ3n) is 2.66. The number of nitrogens with two attached hydrogens (primary N) is 1. The number of likely N-dealkylation sites (N-methyl/N-ethyl adjacent to an activating group) is 1. The van der Waals surface area contributed by atoms with Gasteiger partial charge in [-0.15, -0.1) is 0 Å². The third kappa shape index (κ3) is 5.61. The predicted molar refractivity (Wildman–Crippen MR) is 74.4 cm³/mol. The lowest BCUT2D eigenvalue weighted by Gasteiger charge is -2.13. The fraction of sp³-hybridized carbons (Fsp3) is 0.500. The molecule has 19 heavy (non-hydrogen) atoms. The van der Waals surface area contributed by atoms with E-state index in [9.17, 15) is 4.79 Å². The van der Waals surface area contributed by atoms with Crippen molar-refractivity contribution >= 4 is 5.91 Å². The van der Waals surface area contributed by atoms with Crippen molar-refractivity contribution in [3.63, 3.8) is 0 Å². The lowest BCUT2D eigenvalue weighted by molar-refractivity contribution is -0.120. The zero-order valence-electron chi connectivity index (χ0n) is 11.5. The van der Waals surface area contributed by atoms with Crippen LogP contribution < -0.4 is 20.5 Å². The lowest BCUT2D eigenvalue weighted by atomic mass is 10.2. The van der Waals surface area contributed by atoms with E-state index in [4.69, 9.17) is 15.2 Å². The molecule has 5 heteroatoms. The van der Waals surface area contributed by atoms with Crippen LogP contribution in [0.5, 0.6) is 11.5 Å². The van der Waals surface area contributed by atoms with Crippen LogP contribution in [0.25, 0.3) is 0 Å². The summed E-state index contributed by atoms with van der Waals surface area (Å²) in [6, 6.07) is 7.09. The summed E-state index contributed by atoms with van der Waals surface area (Å²) >= 11 is 0. The van der Waals surface area contributed by atoms with Crippen LogP contribution in [-0.4, -0.2) is 32.2 Å². The van der Waals surface area contributed by atoms with Crippen molar-refractivity contribution in [2.75, 3.05) is 20.3 Å². The molecular formula is C14H22N2O3. The molecule has 1 unspecified atom stereocenters. The maximum Gasteiger partial charge on any atom is 0.234 e. The molecule has 1 aromatic rings. The van der Waals surface area contributed by atoms with Gasteiger partial charge < -0.3 is 20.5 Å². The molecule has 0 saturated heterocycles. The Morgan fingerprint density at radius 2 is 1.74 bits per heavy atom.